The third kappa shape index (κ3) is 2.62. The molecule has 0 spiro atoms. The van der Waals surface area contributed by atoms with Crippen molar-refractivity contribution >= 4 is 23.2 Å². The number of aromatic nitrogens is 2. The molecular weight excluding hydrogens is 275 g/mol. The van der Waals surface area contributed by atoms with E-state index in [-0.39, 0.29) is 11.6 Å². The van der Waals surface area contributed by atoms with E-state index in [0.717, 1.165) is 5.56 Å². The Hall–Kier alpha value is -2.70. The number of carbonyl (C=O) groups excluding carboxylic acids is 2. The first-order chi connectivity index (χ1) is 10.0. The first-order valence-electron chi connectivity index (χ1n) is 6.45. The lowest BCUT2D eigenvalue weighted by molar-refractivity contribution is -0.116. The molecule has 2 N–H and O–H groups in total. The van der Waals surface area contributed by atoms with E-state index in [9.17, 15) is 14.0 Å². The second kappa shape index (κ2) is 5.01. The van der Waals surface area contributed by atoms with Gasteiger partial charge in [-0.25, -0.2) is 4.39 Å². The molecule has 0 bridgehead atoms. The molecular formula is C14H13FN4O2. The topological polar surface area (TPSA) is 76.0 Å². The lowest BCUT2D eigenvalue weighted by Gasteiger charge is -2.18. The van der Waals surface area contributed by atoms with Crippen LogP contribution >= 0.6 is 0 Å². The number of benzene rings is 1. The zero-order valence-corrected chi connectivity index (χ0v) is 11.3. The van der Waals surface area contributed by atoms with Crippen LogP contribution < -0.4 is 10.6 Å². The Morgan fingerprint density at radius 3 is 2.95 bits per heavy atom. The highest BCUT2D eigenvalue weighted by Gasteiger charge is 2.19. The molecule has 0 fully saturated rings. The van der Waals surface area contributed by atoms with Gasteiger partial charge in [-0.1, -0.05) is 0 Å². The molecule has 1 aliphatic rings. The summed E-state index contributed by atoms with van der Waals surface area (Å²) in [5.74, 6) is -1.15. The fourth-order valence-electron chi connectivity index (χ4n) is 2.23. The molecule has 1 aromatic heterocycles. The van der Waals surface area contributed by atoms with Crippen molar-refractivity contribution in [1.82, 2.24) is 9.78 Å². The van der Waals surface area contributed by atoms with Crippen molar-refractivity contribution < 1.29 is 14.0 Å². The van der Waals surface area contributed by atoms with Gasteiger partial charge in [0.15, 0.2) is 0 Å². The number of hydrogen-bond acceptors (Lipinski definition) is 3. The van der Waals surface area contributed by atoms with Gasteiger partial charge < -0.3 is 10.6 Å². The summed E-state index contributed by atoms with van der Waals surface area (Å²) in [5.41, 5.74) is 1.71. The highest BCUT2D eigenvalue weighted by Crippen LogP contribution is 2.28. The molecule has 0 unspecified atom stereocenters. The maximum Gasteiger partial charge on any atom is 0.258 e. The van der Waals surface area contributed by atoms with Crippen LogP contribution in [-0.2, 0) is 18.3 Å². The van der Waals surface area contributed by atoms with E-state index in [1.54, 1.807) is 19.3 Å². The van der Waals surface area contributed by atoms with E-state index in [1.807, 2.05) is 0 Å². The Kier molecular flexibility index (Phi) is 3.17. The van der Waals surface area contributed by atoms with Crippen molar-refractivity contribution in [2.45, 2.75) is 12.8 Å². The van der Waals surface area contributed by atoms with Gasteiger partial charge in [-0.05, 0) is 24.1 Å². The van der Waals surface area contributed by atoms with Crippen LogP contribution in [0.3, 0.4) is 0 Å². The van der Waals surface area contributed by atoms with Crippen molar-refractivity contribution in [3.05, 3.63) is 41.5 Å². The molecule has 7 heteroatoms. The molecule has 0 saturated carbocycles. The van der Waals surface area contributed by atoms with Crippen molar-refractivity contribution in [3.8, 4) is 0 Å². The molecule has 0 radical (unpaired) electrons. The molecule has 2 heterocycles. The van der Waals surface area contributed by atoms with Gasteiger partial charge in [0.2, 0.25) is 5.91 Å². The average molecular weight is 288 g/mol. The second-order valence-corrected chi connectivity index (χ2v) is 4.89. The molecule has 0 aliphatic carbocycles. The SMILES string of the molecule is Cn1cc(C(=O)Nc2cc3c(cc2F)NC(=O)CC3)cn1. The number of rotatable bonds is 2. The van der Waals surface area contributed by atoms with Crippen molar-refractivity contribution in [3.63, 3.8) is 0 Å². The first kappa shape index (κ1) is 13.3. The predicted octanol–water partition coefficient (Wildman–Crippen LogP) is 1.70. The molecule has 0 saturated heterocycles. The monoisotopic (exact) mass is 288 g/mol. The summed E-state index contributed by atoms with van der Waals surface area (Å²) in [6, 6.07) is 2.78. The minimum atomic E-state index is -0.590. The van der Waals surface area contributed by atoms with E-state index in [2.05, 4.69) is 15.7 Å². The van der Waals surface area contributed by atoms with E-state index < -0.39 is 11.7 Å². The van der Waals surface area contributed by atoms with Crippen LogP contribution in [0.1, 0.15) is 22.3 Å². The second-order valence-electron chi connectivity index (χ2n) is 4.89. The molecule has 3 rings (SSSR count). The Balaban J connectivity index is 1.86. The summed E-state index contributed by atoms with van der Waals surface area (Å²) >= 11 is 0. The molecule has 2 aromatic rings. The van der Waals surface area contributed by atoms with Crippen LogP contribution in [0, 0.1) is 5.82 Å². The van der Waals surface area contributed by atoms with Gasteiger partial charge in [-0.3, -0.25) is 14.3 Å². The minimum absolute atomic E-state index is 0.0961. The van der Waals surface area contributed by atoms with Gasteiger partial charge in [0, 0.05) is 25.4 Å². The average Bonchev–Trinajstić information content (AvgIpc) is 2.86. The Morgan fingerprint density at radius 2 is 2.24 bits per heavy atom. The van der Waals surface area contributed by atoms with E-state index >= 15 is 0 Å². The molecule has 0 atom stereocenters. The van der Waals surface area contributed by atoms with E-state index in [4.69, 9.17) is 0 Å². The summed E-state index contributed by atoms with van der Waals surface area (Å²) in [5, 5.41) is 9.03. The van der Waals surface area contributed by atoms with Gasteiger partial charge in [0.1, 0.15) is 5.82 Å². The third-order valence-corrected chi connectivity index (χ3v) is 3.30. The number of carbonyl (C=O) groups is 2. The van der Waals surface area contributed by atoms with Crippen molar-refractivity contribution in [2.75, 3.05) is 10.6 Å². The number of aryl methyl sites for hydroxylation is 2. The number of halogens is 1. The van der Waals surface area contributed by atoms with Crippen molar-refractivity contribution in [1.29, 1.82) is 0 Å². The summed E-state index contributed by atoms with van der Waals surface area (Å²) in [7, 11) is 1.69. The largest absolute Gasteiger partial charge is 0.326 e. The summed E-state index contributed by atoms with van der Waals surface area (Å²) in [6.45, 7) is 0. The Labute approximate surface area is 120 Å². The molecule has 1 aliphatic heterocycles. The van der Waals surface area contributed by atoms with E-state index in [1.165, 1.54) is 16.9 Å². The third-order valence-electron chi connectivity index (χ3n) is 3.30. The quantitative estimate of drug-likeness (QED) is 0.883. The van der Waals surface area contributed by atoms with Gasteiger partial charge in [-0.2, -0.15) is 5.10 Å². The molecule has 108 valence electrons. The number of fused-ring (bicyclic) bond motifs is 1. The lowest BCUT2D eigenvalue weighted by Crippen LogP contribution is -2.20. The van der Waals surface area contributed by atoms with Gasteiger partial charge in [0.05, 0.1) is 17.4 Å². The highest BCUT2D eigenvalue weighted by molar-refractivity contribution is 6.04. The lowest BCUT2D eigenvalue weighted by atomic mass is 10.0. The fraction of sp³-hybridized carbons (Fsp3) is 0.214. The Morgan fingerprint density at radius 1 is 1.43 bits per heavy atom. The number of nitrogens with zero attached hydrogens (tertiary/aromatic N) is 2. The van der Waals surface area contributed by atoms with Gasteiger partial charge in [0.25, 0.3) is 5.91 Å². The first-order valence-corrected chi connectivity index (χ1v) is 6.45. The van der Waals surface area contributed by atoms with Crippen LogP contribution in [0.15, 0.2) is 24.5 Å². The van der Waals surface area contributed by atoms with Crippen LogP contribution in [0.5, 0.6) is 0 Å². The molecule has 6 nitrogen and oxygen atoms in total. The fourth-order valence-corrected chi connectivity index (χ4v) is 2.23. The number of nitrogens with one attached hydrogen (secondary N) is 2. The predicted molar refractivity (Wildman–Crippen MR) is 74.5 cm³/mol. The van der Waals surface area contributed by atoms with Crippen LogP contribution in [0.25, 0.3) is 0 Å². The minimum Gasteiger partial charge on any atom is -0.326 e. The standard InChI is InChI=1S/C14H13FN4O2/c1-19-7-9(6-16-19)14(21)18-12-4-8-2-3-13(20)17-11(8)5-10(12)15/h4-7H,2-3H2,1H3,(H,17,20)(H,18,21). The number of amides is 2. The zero-order valence-electron chi connectivity index (χ0n) is 11.3. The van der Waals surface area contributed by atoms with Crippen molar-refractivity contribution in [2.24, 2.45) is 7.05 Å². The smallest absolute Gasteiger partial charge is 0.258 e. The highest BCUT2D eigenvalue weighted by atomic mass is 19.1. The molecule has 2 amide bonds. The van der Waals surface area contributed by atoms with Gasteiger partial charge >= 0.3 is 0 Å². The number of anilines is 2. The van der Waals surface area contributed by atoms with Crippen LogP contribution in [0.4, 0.5) is 15.8 Å². The Bertz CT molecular complexity index is 739. The molecule has 1 aromatic carbocycles. The normalized spacial score (nSPS) is 13.5. The van der Waals surface area contributed by atoms with E-state index in [0.29, 0.717) is 24.1 Å². The maximum absolute atomic E-state index is 14.0. The zero-order chi connectivity index (χ0) is 15.0. The number of hydrogen-bond donors (Lipinski definition) is 2. The van der Waals surface area contributed by atoms with Gasteiger partial charge in [-0.15, -0.1) is 0 Å². The maximum atomic E-state index is 14.0. The van der Waals surface area contributed by atoms with Crippen LogP contribution in [0.2, 0.25) is 0 Å². The molecule has 21 heavy (non-hydrogen) atoms. The summed E-state index contributed by atoms with van der Waals surface area (Å²) < 4.78 is 15.5. The summed E-state index contributed by atoms with van der Waals surface area (Å²) in [4.78, 5) is 23.3. The summed E-state index contributed by atoms with van der Waals surface area (Å²) in [6.07, 6.45) is 3.84. The van der Waals surface area contributed by atoms with Crippen LogP contribution in [-0.4, -0.2) is 21.6 Å².